The first-order chi connectivity index (χ1) is 7.24. The minimum Gasteiger partial charge on any atom is -0.497 e. The molecule has 2 rings (SSSR count). The number of ether oxygens (including phenoxy) is 1. The topological polar surface area (TPSA) is 46.5 Å². The smallest absolute Gasteiger partial charge is 0.290 e. The summed E-state index contributed by atoms with van der Waals surface area (Å²) >= 11 is 0. The molecule has 0 saturated heterocycles. The van der Waals surface area contributed by atoms with E-state index in [1.165, 1.54) is 12.8 Å². The first-order valence-corrected chi connectivity index (χ1v) is 4.91. The van der Waals surface area contributed by atoms with Gasteiger partial charge in [-0.2, -0.15) is 0 Å². The van der Waals surface area contributed by atoms with Crippen molar-refractivity contribution in [1.82, 2.24) is 0 Å². The second kappa shape index (κ2) is 9.06. The van der Waals surface area contributed by atoms with E-state index >= 15 is 0 Å². The summed E-state index contributed by atoms with van der Waals surface area (Å²) in [6, 6.07) is 9.68. The summed E-state index contributed by atoms with van der Waals surface area (Å²) in [6.07, 6.45) is 2.97. The lowest BCUT2D eigenvalue weighted by atomic mass is 10.3. The minimum absolute atomic E-state index is 0.250. The van der Waals surface area contributed by atoms with Crippen molar-refractivity contribution in [2.75, 3.05) is 7.11 Å². The Labute approximate surface area is 90.7 Å². The van der Waals surface area contributed by atoms with Gasteiger partial charge < -0.3 is 9.84 Å². The highest BCUT2D eigenvalue weighted by Gasteiger charge is 2.12. The highest BCUT2D eigenvalue weighted by Crippen LogP contribution is 2.26. The van der Waals surface area contributed by atoms with Gasteiger partial charge in [-0.25, -0.2) is 0 Å². The maximum absolute atomic E-state index is 8.36. The summed E-state index contributed by atoms with van der Waals surface area (Å²) in [5.41, 5.74) is 0. The summed E-state index contributed by atoms with van der Waals surface area (Å²) < 4.78 is 4.91. The molecule has 0 aliphatic heterocycles. The second-order valence-corrected chi connectivity index (χ2v) is 3.31. The van der Waals surface area contributed by atoms with Crippen LogP contribution in [0.2, 0.25) is 0 Å². The Kier molecular flexibility index (Phi) is 8.15. The van der Waals surface area contributed by atoms with Crippen molar-refractivity contribution in [1.29, 1.82) is 0 Å². The van der Waals surface area contributed by atoms with Crippen LogP contribution in [0.5, 0.6) is 5.75 Å². The van der Waals surface area contributed by atoms with Gasteiger partial charge in [0.05, 0.1) is 7.11 Å². The third kappa shape index (κ3) is 10.4. The summed E-state index contributed by atoms with van der Waals surface area (Å²) in [5, 5.41) is 6.89. The standard InChI is InChI=1S/C7H8O.C4H8.CH2O2/c1-8-7-5-3-2-4-6-7;1-4-2-3-4;2-1-3/h2-6H,1H3;4H,2-3H2,1H3;1H,(H,2,3). The summed E-state index contributed by atoms with van der Waals surface area (Å²) in [4.78, 5) is 8.36. The van der Waals surface area contributed by atoms with Gasteiger partial charge in [-0.3, -0.25) is 4.79 Å². The van der Waals surface area contributed by atoms with Gasteiger partial charge in [0.2, 0.25) is 0 Å². The molecule has 15 heavy (non-hydrogen) atoms. The molecular weight excluding hydrogens is 192 g/mol. The molecule has 1 aromatic carbocycles. The molecular formula is C12H18O3. The van der Waals surface area contributed by atoms with E-state index in [-0.39, 0.29) is 6.47 Å². The van der Waals surface area contributed by atoms with E-state index < -0.39 is 0 Å². The van der Waals surface area contributed by atoms with Crippen molar-refractivity contribution in [2.45, 2.75) is 19.8 Å². The van der Waals surface area contributed by atoms with E-state index in [4.69, 9.17) is 14.6 Å². The molecule has 1 fully saturated rings. The Morgan fingerprint density at radius 3 is 1.93 bits per heavy atom. The second-order valence-electron chi connectivity index (χ2n) is 3.31. The lowest BCUT2D eigenvalue weighted by molar-refractivity contribution is -0.122. The Morgan fingerprint density at radius 1 is 1.33 bits per heavy atom. The number of carbonyl (C=O) groups is 1. The molecule has 0 radical (unpaired) electrons. The number of methoxy groups -OCH3 is 1. The first kappa shape index (κ1) is 13.5. The normalized spacial score (nSPS) is 12.4. The fourth-order valence-electron chi connectivity index (χ4n) is 0.723. The molecule has 0 atom stereocenters. The molecule has 1 saturated carbocycles. The third-order valence-corrected chi connectivity index (χ3v) is 1.84. The monoisotopic (exact) mass is 210 g/mol. The van der Waals surface area contributed by atoms with Gasteiger partial charge in [-0.1, -0.05) is 38.0 Å². The Balaban J connectivity index is 0.000000234. The highest BCUT2D eigenvalue weighted by atomic mass is 16.5. The Hall–Kier alpha value is -1.51. The SMILES string of the molecule is CC1CC1.COc1ccccc1.O=CO. The largest absolute Gasteiger partial charge is 0.497 e. The molecule has 84 valence electrons. The Bertz CT molecular complexity index is 242. The van der Waals surface area contributed by atoms with Gasteiger partial charge in [0.15, 0.2) is 0 Å². The number of benzene rings is 1. The zero-order valence-electron chi connectivity index (χ0n) is 9.22. The van der Waals surface area contributed by atoms with Crippen LogP contribution in [0.1, 0.15) is 19.8 Å². The number of para-hydroxylation sites is 1. The Morgan fingerprint density at radius 2 is 1.73 bits per heavy atom. The van der Waals surface area contributed by atoms with Gasteiger partial charge in [0.25, 0.3) is 6.47 Å². The summed E-state index contributed by atoms with van der Waals surface area (Å²) in [5.74, 6) is 1.99. The molecule has 0 amide bonds. The van der Waals surface area contributed by atoms with Crippen LogP contribution >= 0.6 is 0 Å². The molecule has 0 spiro atoms. The maximum atomic E-state index is 8.36. The van der Waals surface area contributed by atoms with Crippen molar-refractivity contribution in [3.05, 3.63) is 30.3 Å². The molecule has 0 heterocycles. The number of hydrogen-bond donors (Lipinski definition) is 1. The van der Waals surface area contributed by atoms with Crippen molar-refractivity contribution >= 4 is 6.47 Å². The molecule has 1 aromatic rings. The zero-order chi connectivity index (χ0) is 11.5. The van der Waals surface area contributed by atoms with E-state index in [1.54, 1.807) is 7.11 Å². The average Bonchev–Trinajstić information content (AvgIpc) is 3.04. The number of hydrogen-bond acceptors (Lipinski definition) is 2. The van der Waals surface area contributed by atoms with Crippen molar-refractivity contribution in [3.8, 4) is 5.75 Å². The van der Waals surface area contributed by atoms with Crippen molar-refractivity contribution in [2.24, 2.45) is 5.92 Å². The molecule has 1 aliphatic carbocycles. The fourth-order valence-corrected chi connectivity index (χ4v) is 0.723. The number of carboxylic acid groups (broad SMARTS) is 1. The van der Waals surface area contributed by atoms with Gasteiger partial charge >= 0.3 is 0 Å². The quantitative estimate of drug-likeness (QED) is 0.725. The third-order valence-electron chi connectivity index (χ3n) is 1.84. The predicted molar refractivity (Wildman–Crippen MR) is 60.1 cm³/mol. The van der Waals surface area contributed by atoms with Gasteiger partial charge in [0.1, 0.15) is 5.75 Å². The lowest BCUT2D eigenvalue weighted by Gasteiger charge is -1.93. The van der Waals surface area contributed by atoms with Crippen LogP contribution in [0.15, 0.2) is 30.3 Å². The van der Waals surface area contributed by atoms with Crippen LogP contribution in [0.25, 0.3) is 0 Å². The molecule has 0 bridgehead atoms. The van der Waals surface area contributed by atoms with Gasteiger partial charge in [-0.15, -0.1) is 0 Å². The van der Waals surface area contributed by atoms with Crippen LogP contribution in [-0.2, 0) is 4.79 Å². The molecule has 3 nitrogen and oxygen atoms in total. The van der Waals surface area contributed by atoms with Crippen LogP contribution in [0.4, 0.5) is 0 Å². The zero-order valence-corrected chi connectivity index (χ0v) is 9.22. The highest BCUT2D eigenvalue weighted by molar-refractivity contribution is 5.32. The number of rotatable bonds is 1. The van der Waals surface area contributed by atoms with Crippen LogP contribution in [0, 0.1) is 5.92 Å². The van der Waals surface area contributed by atoms with Crippen LogP contribution in [-0.4, -0.2) is 18.7 Å². The molecule has 0 aromatic heterocycles. The van der Waals surface area contributed by atoms with Gasteiger partial charge in [-0.05, 0) is 18.1 Å². The maximum Gasteiger partial charge on any atom is 0.290 e. The summed E-state index contributed by atoms with van der Waals surface area (Å²) in [6.45, 7) is 2.03. The van der Waals surface area contributed by atoms with Crippen LogP contribution < -0.4 is 4.74 Å². The average molecular weight is 210 g/mol. The molecule has 1 N–H and O–H groups in total. The van der Waals surface area contributed by atoms with Crippen molar-refractivity contribution in [3.63, 3.8) is 0 Å². The van der Waals surface area contributed by atoms with Crippen LogP contribution in [0.3, 0.4) is 0 Å². The first-order valence-electron chi connectivity index (χ1n) is 4.91. The lowest BCUT2D eigenvalue weighted by Crippen LogP contribution is -1.78. The molecule has 1 aliphatic rings. The molecule has 3 heteroatoms. The van der Waals surface area contributed by atoms with E-state index in [0.717, 1.165) is 11.7 Å². The minimum atomic E-state index is -0.250. The summed E-state index contributed by atoms with van der Waals surface area (Å²) in [7, 11) is 1.66. The molecule has 0 unspecified atom stereocenters. The van der Waals surface area contributed by atoms with Crippen molar-refractivity contribution < 1.29 is 14.6 Å². The van der Waals surface area contributed by atoms with Gasteiger partial charge in [0, 0.05) is 0 Å². The van der Waals surface area contributed by atoms with E-state index in [2.05, 4.69) is 6.92 Å². The fraction of sp³-hybridized carbons (Fsp3) is 0.417. The van der Waals surface area contributed by atoms with E-state index in [0.29, 0.717) is 0 Å². The van der Waals surface area contributed by atoms with E-state index in [1.807, 2.05) is 30.3 Å². The predicted octanol–water partition coefficient (Wildman–Crippen LogP) is 2.81. The van der Waals surface area contributed by atoms with E-state index in [9.17, 15) is 0 Å².